The molecule has 0 unspecified atom stereocenters. The summed E-state index contributed by atoms with van der Waals surface area (Å²) in [6.07, 6.45) is -1.16. The molecule has 3 amide bonds. The van der Waals surface area contributed by atoms with Gasteiger partial charge in [0, 0.05) is 18.7 Å². The largest absolute Gasteiger partial charge is 0.391 e. The van der Waals surface area contributed by atoms with Crippen molar-refractivity contribution in [3.63, 3.8) is 0 Å². The van der Waals surface area contributed by atoms with E-state index in [1.54, 1.807) is 24.3 Å². The Labute approximate surface area is 229 Å². The summed E-state index contributed by atoms with van der Waals surface area (Å²) in [7, 11) is 0. The number of aliphatic hydroxyl groups is 1. The van der Waals surface area contributed by atoms with Crippen LogP contribution in [0.2, 0.25) is 0 Å². The van der Waals surface area contributed by atoms with E-state index in [1.165, 1.54) is 6.92 Å². The van der Waals surface area contributed by atoms with Crippen LogP contribution in [-0.2, 0) is 16.0 Å². The zero-order valence-corrected chi connectivity index (χ0v) is 22.1. The number of nitrogens with zero attached hydrogens (tertiary/aromatic N) is 1. The lowest BCUT2D eigenvalue weighted by atomic mass is 10.0. The Kier molecular flexibility index (Phi) is 8.95. The molecule has 0 spiro atoms. The molecule has 202 valence electrons. The normalized spacial score (nSPS) is 13.4. The van der Waals surface area contributed by atoms with Crippen molar-refractivity contribution in [3.8, 4) is 0 Å². The summed E-state index contributed by atoms with van der Waals surface area (Å²) in [6, 6.07) is 17.6. The number of carbonyl (C=O) groups is 3. The SMILES string of the molecule is C[C@H](O)[C@@H](NC(=O)[C@H](Cc1ccc2ccccc2c1)NC(=O)c1nc2ccccc2[nH]c1=O)C(=O)NCCS. The van der Waals surface area contributed by atoms with Gasteiger partial charge in [-0.2, -0.15) is 12.6 Å². The van der Waals surface area contributed by atoms with Gasteiger partial charge < -0.3 is 26.0 Å². The third-order valence-electron chi connectivity index (χ3n) is 6.16. The molecule has 4 aromatic rings. The van der Waals surface area contributed by atoms with Crippen molar-refractivity contribution in [2.24, 2.45) is 0 Å². The van der Waals surface area contributed by atoms with E-state index in [0.29, 0.717) is 16.8 Å². The summed E-state index contributed by atoms with van der Waals surface area (Å²) in [6.45, 7) is 1.62. The van der Waals surface area contributed by atoms with E-state index in [9.17, 15) is 24.3 Å². The number of aromatic amines is 1. The van der Waals surface area contributed by atoms with Gasteiger partial charge >= 0.3 is 0 Å². The minimum atomic E-state index is -1.27. The highest BCUT2D eigenvalue weighted by atomic mass is 32.1. The van der Waals surface area contributed by atoms with Crippen LogP contribution in [0.25, 0.3) is 21.8 Å². The molecule has 0 radical (unpaired) electrons. The zero-order chi connectivity index (χ0) is 27.9. The van der Waals surface area contributed by atoms with Crippen molar-refractivity contribution in [1.82, 2.24) is 25.9 Å². The van der Waals surface area contributed by atoms with Crippen LogP contribution in [0.4, 0.5) is 0 Å². The number of hydrogen-bond acceptors (Lipinski definition) is 7. The zero-order valence-electron chi connectivity index (χ0n) is 21.2. The first-order valence-electron chi connectivity index (χ1n) is 12.4. The van der Waals surface area contributed by atoms with Gasteiger partial charge in [0.2, 0.25) is 11.8 Å². The van der Waals surface area contributed by atoms with Crippen LogP contribution in [0.1, 0.15) is 23.0 Å². The molecule has 0 aliphatic rings. The molecule has 0 bridgehead atoms. The molecular formula is C28H29N5O5S. The van der Waals surface area contributed by atoms with Gasteiger partial charge in [-0.1, -0.05) is 54.6 Å². The van der Waals surface area contributed by atoms with E-state index in [1.807, 2.05) is 42.5 Å². The molecule has 0 saturated carbocycles. The van der Waals surface area contributed by atoms with Gasteiger partial charge in [0.05, 0.1) is 17.1 Å². The first kappa shape index (κ1) is 27.8. The molecule has 1 heterocycles. The van der Waals surface area contributed by atoms with Gasteiger partial charge in [-0.25, -0.2) is 4.98 Å². The molecule has 3 atom stereocenters. The smallest absolute Gasteiger partial charge is 0.280 e. The minimum absolute atomic E-state index is 0.0542. The molecule has 5 N–H and O–H groups in total. The highest BCUT2D eigenvalue weighted by molar-refractivity contribution is 7.80. The minimum Gasteiger partial charge on any atom is -0.391 e. The van der Waals surface area contributed by atoms with Gasteiger partial charge in [0.15, 0.2) is 5.69 Å². The Morgan fingerprint density at radius 3 is 2.44 bits per heavy atom. The van der Waals surface area contributed by atoms with Crippen LogP contribution in [0.5, 0.6) is 0 Å². The summed E-state index contributed by atoms with van der Waals surface area (Å²) < 4.78 is 0. The van der Waals surface area contributed by atoms with Gasteiger partial charge in [-0.05, 0) is 35.4 Å². The maximum Gasteiger partial charge on any atom is 0.280 e. The molecule has 39 heavy (non-hydrogen) atoms. The Balaban J connectivity index is 1.63. The van der Waals surface area contributed by atoms with E-state index < -0.39 is 47.2 Å². The van der Waals surface area contributed by atoms with Crippen LogP contribution in [0.3, 0.4) is 0 Å². The fourth-order valence-electron chi connectivity index (χ4n) is 4.17. The highest BCUT2D eigenvalue weighted by Gasteiger charge is 2.30. The topological polar surface area (TPSA) is 153 Å². The Bertz CT molecular complexity index is 1570. The summed E-state index contributed by atoms with van der Waals surface area (Å²) >= 11 is 4.06. The monoisotopic (exact) mass is 547 g/mol. The van der Waals surface area contributed by atoms with Crippen LogP contribution in [-0.4, -0.2) is 63.3 Å². The summed E-state index contributed by atoms with van der Waals surface area (Å²) in [4.78, 5) is 58.6. The van der Waals surface area contributed by atoms with Gasteiger partial charge in [0.25, 0.3) is 11.5 Å². The molecule has 10 nitrogen and oxygen atoms in total. The van der Waals surface area contributed by atoms with Crippen LogP contribution >= 0.6 is 12.6 Å². The average molecular weight is 548 g/mol. The number of aromatic nitrogens is 2. The van der Waals surface area contributed by atoms with Crippen molar-refractivity contribution in [2.75, 3.05) is 12.3 Å². The first-order chi connectivity index (χ1) is 18.8. The van der Waals surface area contributed by atoms with Gasteiger partial charge in [0.1, 0.15) is 12.1 Å². The number of nitrogens with one attached hydrogen (secondary N) is 4. The predicted octanol–water partition coefficient (Wildman–Crippen LogP) is 1.33. The van der Waals surface area contributed by atoms with Crippen LogP contribution in [0, 0.1) is 0 Å². The predicted molar refractivity (Wildman–Crippen MR) is 152 cm³/mol. The van der Waals surface area contributed by atoms with Crippen LogP contribution < -0.4 is 21.5 Å². The maximum atomic E-state index is 13.4. The molecule has 3 aromatic carbocycles. The van der Waals surface area contributed by atoms with Gasteiger partial charge in [-0.3, -0.25) is 19.2 Å². The second-order valence-corrected chi connectivity index (χ2v) is 9.53. The number of aliphatic hydroxyl groups excluding tert-OH is 1. The van der Waals surface area contributed by atoms with Crippen molar-refractivity contribution < 1.29 is 19.5 Å². The van der Waals surface area contributed by atoms with E-state index in [4.69, 9.17) is 0 Å². The molecule has 0 fully saturated rings. The lowest BCUT2D eigenvalue weighted by Gasteiger charge is -2.24. The maximum absolute atomic E-state index is 13.4. The number of para-hydroxylation sites is 2. The third-order valence-corrected chi connectivity index (χ3v) is 6.39. The number of amides is 3. The number of H-pyrrole nitrogens is 1. The lowest BCUT2D eigenvalue weighted by Crippen LogP contribution is -2.58. The Morgan fingerprint density at radius 1 is 0.974 bits per heavy atom. The van der Waals surface area contributed by atoms with Gasteiger partial charge in [-0.15, -0.1) is 0 Å². The van der Waals surface area contributed by atoms with Crippen molar-refractivity contribution >= 4 is 52.2 Å². The quantitative estimate of drug-likeness (QED) is 0.165. The van der Waals surface area contributed by atoms with Crippen molar-refractivity contribution in [3.05, 3.63) is 88.3 Å². The second kappa shape index (κ2) is 12.5. The van der Waals surface area contributed by atoms with E-state index in [0.717, 1.165) is 16.3 Å². The average Bonchev–Trinajstić information content (AvgIpc) is 2.93. The standard InChI is InChI=1S/C28H29N5O5S/c1-16(34)23(26(36)29-12-13-39)33-25(35)22(15-17-10-11-18-6-2-3-7-19(18)14-17)32-28(38)24-27(37)31-21-9-5-4-8-20(21)30-24/h2-11,14,16,22-23,34,39H,12-13,15H2,1H3,(H,29,36)(H,31,37)(H,32,38)(H,33,35)/t16-,22-,23+/m0/s1. The summed E-state index contributed by atoms with van der Waals surface area (Å²) in [5.41, 5.74) is 0.514. The summed E-state index contributed by atoms with van der Waals surface area (Å²) in [5.74, 6) is -1.77. The van der Waals surface area contributed by atoms with E-state index >= 15 is 0 Å². The number of thiol groups is 1. The fourth-order valence-corrected chi connectivity index (χ4v) is 4.28. The number of rotatable bonds is 10. The molecule has 0 aliphatic heterocycles. The first-order valence-corrected chi connectivity index (χ1v) is 13.0. The highest BCUT2D eigenvalue weighted by Crippen LogP contribution is 2.17. The molecule has 1 aromatic heterocycles. The third kappa shape index (κ3) is 6.81. The number of carbonyl (C=O) groups excluding carboxylic acids is 3. The molecular weight excluding hydrogens is 518 g/mol. The number of fused-ring (bicyclic) bond motifs is 2. The lowest BCUT2D eigenvalue weighted by molar-refractivity contribution is -0.132. The fraction of sp³-hybridized carbons (Fsp3) is 0.250. The second-order valence-electron chi connectivity index (χ2n) is 9.08. The molecule has 0 saturated heterocycles. The van der Waals surface area contributed by atoms with E-state index in [2.05, 4.69) is 38.5 Å². The van der Waals surface area contributed by atoms with E-state index in [-0.39, 0.29) is 13.0 Å². The molecule has 4 rings (SSSR count). The van der Waals surface area contributed by atoms with Crippen molar-refractivity contribution in [1.29, 1.82) is 0 Å². The van der Waals surface area contributed by atoms with Crippen LogP contribution in [0.15, 0.2) is 71.5 Å². The Morgan fingerprint density at radius 2 is 1.69 bits per heavy atom. The number of hydrogen-bond donors (Lipinski definition) is 6. The number of benzene rings is 3. The van der Waals surface area contributed by atoms with Crippen molar-refractivity contribution in [2.45, 2.75) is 31.5 Å². The molecule has 11 heteroatoms. The Hall–Kier alpha value is -4.22. The molecule has 0 aliphatic carbocycles. The summed E-state index contributed by atoms with van der Waals surface area (Å²) in [5, 5.41) is 19.9.